The maximum absolute atomic E-state index is 12.5. The molecule has 0 spiro atoms. The van der Waals surface area contributed by atoms with E-state index in [4.69, 9.17) is 0 Å². The summed E-state index contributed by atoms with van der Waals surface area (Å²) in [6.07, 6.45) is 5.79. The van der Waals surface area contributed by atoms with E-state index in [-0.39, 0.29) is 17.7 Å². The number of rotatable bonds is 2. The van der Waals surface area contributed by atoms with E-state index in [1.165, 1.54) is 0 Å². The zero-order chi connectivity index (χ0) is 16.4. The first-order valence-corrected chi connectivity index (χ1v) is 8.44. The number of aromatic nitrogens is 2. The van der Waals surface area contributed by atoms with Crippen LogP contribution in [0.25, 0.3) is 0 Å². The van der Waals surface area contributed by atoms with E-state index < -0.39 is 0 Å². The lowest BCUT2D eigenvalue weighted by Crippen LogP contribution is -2.38. The minimum absolute atomic E-state index is 0.0422. The van der Waals surface area contributed by atoms with Crippen LogP contribution in [0.1, 0.15) is 60.4 Å². The minimum atomic E-state index is 0.0422. The van der Waals surface area contributed by atoms with Crippen molar-refractivity contribution in [2.75, 3.05) is 26.2 Å². The van der Waals surface area contributed by atoms with Crippen LogP contribution in [0.5, 0.6) is 0 Å². The molecule has 0 aromatic carbocycles. The number of carbonyl (C=O) groups is 2. The maximum Gasteiger partial charge on any atom is 0.257 e. The van der Waals surface area contributed by atoms with E-state index in [9.17, 15) is 9.59 Å². The average molecular weight is 316 g/mol. The van der Waals surface area contributed by atoms with Gasteiger partial charge in [0.1, 0.15) is 5.82 Å². The van der Waals surface area contributed by atoms with Crippen LogP contribution in [0.3, 0.4) is 0 Å². The molecule has 2 amide bonds. The zero-order valence-electron chi connectivity index (χ0n) is 13.9. The molecule has 1 aromatic heterocycles. The highest BCUT2D eigenvalue weighted by Crippen LogP contribution is 2.25. The molecule has 23 heavy (non-hydrogen) atoms. The second-order valence-electron chi connectivity index (χ2n) is 6.53. The van der Waals surface area contributed by atoms with E-state index in [0.717, 1.165) is 56.8 Å². The third kappa shape index (κ3) is 3.35. The molecular formula is C17H24N4O2. The number of amides is 2. The normalized spacial score (nSPS) is 21.6. The first kappa shape index (κ1) is 15.9. The van der Waals surface area contributed by atoms with E-state index in [1.54, 1.807) is 13.1 Å². The van der Waals surface area contributed by atoms with Crippen molar-refractivity contribution < 1.29 is 9.59 Å². The van der Waals surface area contributed by atoms with Gasteiger partial charge >= 0.3 is 0 Å². The lowest BCUT2D eigenvalue weighted by Gasteiger charge is -2.31. The SMILES string of the molecule is CC(=O)N1CCCC(c2ncc(C(=O)N3CCCC3)c(C)n2)C1. The third-order valence-electron chi connectivity index (χ3n) is 4.85. The van der Waals surface area contributed by atoms with Crippen molar-refractivity contribution in [3.8, 4) is 0 Å². The van der Waals surface area contributed by atoms with Crippen molar-refractivity contribution >= 4 is 11.8 Å². The predicted octanol–water partition coefficient (Wildman–Crippen LogP) is 1.75. The Morgan fingerprint density at radius 2 is 1.83 bits per heavy atom. The van der Waals surface area contributed by atoms with Crippen molar-refractivity contribution in [2.45, 2.75) is 45.4 Å². The van der Waals surface area contributed by atoms with Crippen LogP contribution >= 0.6 is 0 Å². The van der Waals surface area contributed by atoms with Crippen LogP contribution in [0.2, 0.25) is 0 Å². The Morgan fingerprint density at radius 3 is 2.48 bits per heavy atom. The van der Waals surface area contributed by atoms with Gasteiger partial charge in [-0.15, -0.1) is 0 Å². The Kier molecular flexibility index (Phi) is 4.59. The highest BCUT2D eigenvalue weighted by molar-refractivity contribution is 5.95. The molecule has 1 aromatic rings. The summed E-state index contributed by atoms with van der Waals surface area (Å²) >= 11 is 0. The van der Waals surface area contributed by atoms with Gasteiger partial charge in [0.2, 0.25) is 5.91 Å². The van der Waals surface area contributed by atoms with E-state index >= 15 is 0 Å². The van der Waals surface area contributed by atoms with E-state index in [0.29, 0.717) is 12.1 Å². The monoisotopic (exact) mass is 316 g/mol. The number of aryl methyl sites for hydroxylation is 1. The molecule has 0 aliphatic carbocycles. The molecule has 1 atom stereocenters. The molecule has 0 saturated carbocycles. The zero-order valence-corrected chi connectivity index (χ0v) is 13.9. The summed E-state index contributed by atoms with van der Waals surface area (Å²) in [7, 11) is 0. The van der Waals surface area contributed by atoms with E-state index in [2.05, 4.69) is 9.97 Å². The van der Waals surface area contributed by atoms with Gasteiger partial charge in [-0.2, -0.15) is 0 Å². The lowest BCUT2D eigenvalue weighted by molar-refractivity contribution is -0.130. The molecule has 2 saturated heterocycles. The van der Waals surface area contributed by atoms with Gasteiger partial charge in [0, 0.05) is 45.2 Å². The van der Waals surface area contributed by atoms with Gasteiger partial charge < -0.3 is 9.80 Å². The summed E-state index contributed by atoms with van der Waals surface area (Å²) in [4.78, 5) is 36.8. The first-order valence-electron chi connectivity index (χ1n) is 8.44. The Labute approximate surface area is 136 Å². The fourth-order valence-electron chi connectivity index (χ4n) is 3.46. The molecule has 124 valence electrons. The van der Waals surface area contributed by atoms with Gasteiger partial charge in [-0.25, -0.2) is 9.97 Å². The molecular weight excluding hydrogens is 292 g/mol. The van der Waals surface area contributed by atoms with Gasteiger partial charge in [-0.05, 0) is 32.6 Å². The van der Waals surface area contributed by atoms with Gasteiger partial charge in [0.25, 0.3) is 5.91 Å². The average Bonchev–Trinajstić information content (AvgIpc) is 3.08. The summed E-state index contributed by atoms with van der Waals surface area (Å²) in [5, 5.41) is 0. The molecule has 6 heteroatoms. The van der Waals surface area contributed by atoms with Crippen LogP contribution in [-0.4, -0.2) is 57.8 Å². The summed E-state index contributed by atoms with van der Waals surface area (Å²) in [6.45, 7) is 6.63. The highest BCUT2D eigenvalue weighted by Gasteiger charge is 2.27. The number of nitrogens with zero attached hydrogens (tertiary/aromatic N) is 4. The van der Waals surface area contributed by atoms with Crippen LogP contribution in [-0.2, 0) is 4.79 Å². The van der Waals surface area contributed by atoms with Gasteiger partial charge in [0.15, 0.2) is 0 Å². The molecule has 2 fully saturated rings. The second-order valence-corrected chi connectivity index (χ2v) is 6.53. The van der Waals surface area contributed by atoms with Crippen molar-refractivity contribution in [3.63, 3.8) is 0 Å². The minimum Gasteiger partial charge on any atom is -0.342 e. The molecule has 2 aliphatic rings. The van der Waals surface area contributed by atoms with Crippen LogP contribution < -0.4 is 0 Å². The molecule has 3 rings (SSSR count). The predicted molar refractivity (Wildman–Crippen MR) is 86.1 cm³/mol. The molecule has 0 bridgehead atoms. The fraction of sp³-hybridized carbons (Fsp3) is 0.647. The Balaban J connectivity index is 1.76. The van der Waals surface area contributed by atoms with Crippen molar-refractivity contribution in [3.05, 3.63) is 23.3 Å². The highest BCUT2D eigenvalue weighted by atomic mass is 16.2. The molecule has 1 unspecified atom stereocenters. The summed E-state index contributed by atoms with van der Waals surface area (Å²) in [5.74, 6) is 1.07. The van der Waals surface area contributed by atoms with Gasteiger partial charge in [-0.3, -0.25) is 9.59 Å². The van der Waals surface area contributed by atoms with Gasteiger partial charge in [0.05, 0.1) is 11.3 Å². The smallest absolute Gasteiger partial charge is 0.257 e. The number of carbonyl (C=O) groups excluding carboxylic acids is 2. The molecule has 6 nitrogen and oxygen atoms in total. The van der Waals surface area contributed by atoms with Crippen molar-refractivity contribution in [1.29, 1.82) is 0 Å². The fourth-order valence-corrected chi connectivity index (χ4v) is 3.46. The first-order chi connectivity index (χ1) is 11.1. The summed E-state index contributed by atoms with van der Waals surface area (Å²) < 4.78 is 0. The summed E-state index contributed by atoms with van der Waals surface area (Å²) in [5.41, 5.74) is 1.35. The molecule has 0 N–H and O–H groups in total. The topological polar surface area (TPSA) is 66.4 Å². The number of piperidine rings is 1. The molecule has 2 aliphatic heterocycles. The van der Waals surface area contributed by atoms with Crippen LogP contribution in [0, 0.1) is 6.92 Å². The largest absolute Gasteiger partial charge is 0.342 e. The standard InChI is InChI=1S/C17H24N4O2/c1-12-15(17(23)20-7-3-4-8-20)10-18-16(19-12)14-6-5-9-21(11-14)13(2)22/h10,14H,3-9,11H2,1-2H3. The number of hydrogen-bond donors (Lipinski definition) is 0. The maximum atomic E-state index is 12.5. The Morgan fingerprint density at radius 1 is 1.13 bits per heavy atom. The van der Waals surface area contributed by atoms with Crippen LogP contribution in [0.15, 0.2) is 6.20 Å². The molecule has 0 radical (unpaired) electrons. The number of hydrogen-bond acceptors (Lipinski definition) is 4. The number of likely N-dealkylation sites (tertiary alicyclic amines) is 2. The molecule has 3 heterocycles. The van der Waals surface area contributed by atoms with E-state index in [1.807, 2.05) is 16.7 Å². The summed E-state index contributed by atoms with van der Waals surface area (Å²) in [6, 6.07) is 0. The lowest BCUT2D eigenvalue weighted by atomic mass is 9.97. The van der Waals surface area contributed by atoms with Crippen LogP contribution in [0.4, 0.5) is 0 Å². The van der Waals surface area contributed by atoms with Gasteiger partial charge in [-0.1, -0.05) is 0 Å². The second kappa shape index (κ2) is 6.64. The Hall–Kier alpha value is -1.98. The third-order valence-corrected chi connectivity index (χ3v) is 4.85. The Bertz CT molecular complexity index is 611. The van der Waals surface area contributed by atoms with Crippen molar-refractivity contribution in [1.82, 2.24) is 19.8 Å². The quantitative estimate of drug-likeness (QED) is 0.833. The van der Waals surface area contributed by atoms with Crippen molar-refractivity contribution in [2.24, 2.45) is 0 Å².